The number of nitrogens with one attached hydrogen (secondary N) is 3. The quantitative estimate of drug-likeness (QED) is 0.494. The molecule has 0 spiro atoms. The Morgan fingerprint density at radius 3 is 2.77 bits per heavy atom. The molecule has 1 aliphatic rings. The molecule has 4 rings (SSSR count). The molecular weight excluding hydrogens is 406 g/mol. The maximum atomic E-state index is 13.0. The molecule has 0 saturated carbocycles. The van der Waals surface area contributed by atoms with E-state index in [1.54, 1.807) is 11.3 Å². The van der Waals surface area contributed by atoms with Crippen molar-refractivity contribution >= 4 is 17.2 Å². The minimum absolute atomic E-state index is 0.0833. The number of carbonyl (C=O) groups excluding carboxylic acids is 1. The van der Waals surface area contributed by atoms with Crippen LogP contribution in [0.15, 0.2) is 54.6 Å². The van der Waals surface area contributed by atoms with E-state index >= 15 is 0 Å². The molecule has 1 fully saturated rings. The lowest BCUT2D eigenvalue weighted by Crippen LogP contribution is -2.50. The second kappa shape index (κ2) is 9.64. The Morgan fingerprint density at radius 2 is 2.03 bits per heavy atom. The summed E-state index contributed by atoms with van der Waals surface area (Å²) in [5.74, 6) is 0.659. The second-order valence-electron chi connectivity index (χ2n) is 7.99. The molecule has 0 unspecified atom stereocenters. The van der Waals surface area contributed by atoms with E-state index < -0.39 is 0 Å². The van der Waals surface area contributed by atoms with E-state index in [4.69, 9.17) is 4.74 Å². The summed E-state index contributed by atoms with van der Waals surface area (Å²) in [6.07, 6.45) is 0.186. The van der Waals surface area contributed by atoms with Crippen LogP contribution in [0.5, 0.6) is 5.75 Å². The maximum absolute atomic E-state index is 13.0. The summed E-state index contributed by atoms with van der Waals surface area (Å²) in [6.45, 7) is 6.55. The van der Waals surface area contributed by atoms with E-state index in [0.29, 0.717) is 5.56 Å². The van der Waals surface area contributed by atoms with Gasteiger partial charge in [-0.1, -0.05) is 24.3 Å². The molecule has 1 atom stereocenters. The molecule has 6 heteroatoms. The largest absolute Gasteiger partial charge is 0.488 e. The highest BCUT2D eigenvalue weighted by molar-refractivity contribution is 7.15. The van der Waals surface area contributed by atoms with Crippen LogP contribution in [0, 0.1) is 6.92 Å². The summed E-state index contributed by atoms with van der Waals surface area (Å²) in [7, 11) is 1.96. The number of aryl methyl sites for hydroxylation is 1. The zero-order valence-electron chi connectivity index (χ0n) is 18.2. The monoisotopic (exact) mass is 435 g/mol. The molecule has 2 aromatic carbocycles. The standard InChI is InChI=1S/C25H29N3O2S/c1-16-7-8-20(30-21-13-27-14-21)12-23(16)25(29)28-17(2)18-5-4-6-19(11-18)24-10-9-22(31-24)15-26-3/h4-12,17,21,26-27H,13-15H2,1-3H3,(H,28,29)/t17-/m1/s1. The Balaban J connectivity index is 1.47. The fourth-order valence-electron chi connectivity index (χ4n) is 3.58. The average Bonchev–Trinajstić information content (AvgIpc) is 3.21. The smallest absolute Gasteiger partial charge is 0.252 e. The first-order valence-corrected chi connectivity index (χ1v) is 11.5. The van der Waals surface area contributed by atoms with Gasteiger partial charge in [-0.3, -0.25) is 4.79 Å². The van der Waals surface area contributed by atoms with Gasteiger partial charge in [-0.15, -0.1) is 11.3 Å². The molecule has 0 radical (unpaired) electrons. The van der Waals surface area contributed by atoms with Crippen LogP contribution in [0.1, 0.15) is 39.3 Å². The molecule has 1 aliphatic heterocycles. The summed E-state index contributed by atoms with van der Waals surface area (Å²) in [6, 6.07) is 18.3. The highest BCUT2D eigenvalue weighted by Gasteiger charge is 2.20. The lowest BCUT2D eigenvalue weighted by Gasteiger charge is -2.28. The van der Waals surface area contributed by atoms with Crippen molar-refractivity contribution in [2.24, 2.45) is 0 Å². The predicted octanol–water partition coefficient (Wildman–Crippen LogP) is 4.28. The Kier molecular flexibility index (Phi) is 6.70. The zero-order valence-corrected chi connectivity index (χ0v) is 19.0. The fourth-order valence-corrected chi connectivity index (χ4v) is 4.59. The van der Waals surface area contributed by atoms with Crippen molar-refractivity contribution < 1.29 is 9.53 Å². The molecule has 3 N–H and O–H groups in total. The molecule has 31 heavy (non-hydrogen) atoms. The van der Waals surface area contributed by atoms with Gasteiger partial charge in [-0.25, -0.2) is 0 Å². The lowest BCUT2D eigenvalue weighted by atomic mass is 10.0. The van der Waals surface area contributed by atoms with E-state index in [2.05, 4.69) is 52.3 Å². The number of rotatable bonds is 8. The van der Waals surface area contributed by atoms with Gasteiger partial charge in [-0.2, -0.15) is 0 Å². The molecule has 0 aliphatic carbocycles. The zero-order chi connectivity index (χ0) is 21.8. The normalized spacial score (nSPS) is 14.7. The van der Waals surface area contributed by atoms with Gasteiger partial charge < -0.3 is 20.7 Å². The van der Waals surface area contributed by atoms with Crippen molar-refractivity contribution in [2.45, 2.75) is 32.5 Å². The van der Waals surface area contributed by atoms with Gasteiger partial charge in [0.2, 0.25) is 0 Å². The first-order chi connectivity index (χ1) is 15.0. The third kappa shape index (κ3) is 5.15. The lowest BCUT2D eigenvalue weighted by molar-refractivity contribution is 0.0937. The van der Waals surface area contributed by atoms with E-state index in [1.807, 2.05) is 39.1 Å². The molecule has 0 bridgehead atoms. The fraction of sp³-hybridized carbons (Fsp3) is 0.320. The van der Waals surface area contributed by atoms with Gasteiger partial charge >= 0.3 is 0 Å². The number of hydrogen-bond acceptors (Lipinski definition) is 5. The highest BCUT2D eigenvalue weighted by atomic mass is 32.1. The first-order valence-electron chi connectivity index (χ1n) is 10.7. The average molecular weight is 436 g/mol. The summed E-state index contributed by atoms with van der Waals surface area (Å²) >= 11 is 1.79. The third-order valence-electron chi connectivity index (χ3n) is 5.53. The topological polar surface area (TPSA) is 62.4 Å². The Labute approximate surface area is 187 Å². The van der Waals surface area contributed by atoms with Crippen molar-refractivity contribution in [1.29, 1.82) is 0 Å². The molecule has 1 saturated heterocycles. The number of thiophene rings is 1. The summed E-state index contributed by atoms with van der Waals surface area (Å²) in [5.41, 5.74) is 3.85. The van der Waals surface area contributed by atoms with Crippen molar-refractivity contribution in [3.8, 4) is 16.2 Å². The van der Waals surface area contributed by atoms with Crippen LogP contribution in [0.25, 0.3) is 10.4 Å². The highest BCUT2D eigenvalue weighted by Crippen LogP contribution is 2.30. The first kappa shape index (κ1) is 21.6. The van der Waals surface area contributed by atoms with Crippen LogP contribution >= 0.6 is 11.3 Å². The number of carbonyl (C=O) groups is 1. The van der Waals surface area contributed by atoms with Gasteiger partial charge in [-0.05, 0) is 67.9 Å². The number of ether oxygens (including phenoxy) is 1. The van der Waals surface area contributed by atoms with Gasteiger partial charge in [0.05, 0.1) is 6.04 Å². The van der Waals surface area contributed by atoms with Crippen molar-refractivity contribution in [2.75, 3.05) is 20.1 Å². The molecular formula is C25H29N3O2S. The van der Waals surface area contributed by atoms with Gasteiger partial charge in [0, 0.05) is 35.0 Å². The molecule has 5 nitrogen and oxygen atoms in total. The van der Waals surface area contributed by atoms with Crippen molar-refractivity contribution in [1.82, 2.24) is 16.0 Å². The number of benzene rings is 2. The molecule has 2 heterocycles. The summed E-state index contributed by atoms with van der Waals surface area (Å²) < 4.78 is 5.92. The van der Waals surface area contributed by atoms with Gasteiger partial charge in [0.1, 0.15) is 11.9 Å². The summed E-state index contributed by atoms with van der Waals surface area (Å²) in [4.78, 5) is 15.6. The Morgan fingerprint density at radius 1 is 1.19 bits per heavy atom. The van der Waals surface area contributed by atoms with Crippen LogP contribution in [-0.2, 0) is 6.54 Å². The Bertz CT molecular complexity index is 1060. The SMILES string of the molecule is CNCc1ccc(-c2cccc([C@@H](C)NC(=O)c3cc(OC4CNC4)ccc3C)c2)s1. The molecule has 1 aromatic heterocycles. The number of hydrogen-bond donors (Lipinski definition) is 3. The van der Waals surface area contributed by atoms with Crippen LogP contribution in [0.3, 0.4) is 0 Å². The summed E-state index contributed by atoms with van der Waals surface area (Å²) in [5, 5.41) is 9.54. The van der Waals surface area contributed by atoms with Crippen LogP contribution in [-0.4, -0.2) is 32.1 Å². The second-order valence-corrected chi connectivity index (χ2v) is 9.16. The third-order valence-corrected chi connectivity index (χ3v) is 6.67. The van der Waals surface area contributed by atoms with E-state index in [9.17, 15) is 4.79 Å². The van der Waals surface area contributed by atoms with Crippen LogP contribution < -0.4 is 20.7 Å². The molecule has 3 aromatic rings. The Hall–Kier alpha value is -2.67. The van der Waals surface area contributed by atoms with Crippen LogP contribution in [0.4, 0.5) is 0 Å². The minimum Gasteiger partial charge on any atom is -0.488 e. The van der Waals surface area contributed by atoms with E-state index in [1.165, 1.54) is 15.3 Å². The van der Waals surface area contributed by atoms with E-state index in [-0.39, 0.29) is 18.1 Å². The van der Waals surface area contributed by atoms with Crippen LogP contribution in [0.2, 0.25) is 0 Å². The molecule has 162 valence electrons. The molecule has 1 amide bonds. The van der Waals surface area contributed by atoms with Gasteiger partial charge in [0.25, 0.3) is 5.91 Å². The van der Waals surface area contributed by atoms with E-state index in [0.717, 1.165) is 36.5 Å². The van der Waals surface area contributed by atoms with Crippen molar-refractivity contribution in [3.05, 3.63) is 76.2 Å². The van der Waals surface area contributed by atoms with Crippen molar-refractivity contribution in [3.63, 3.8) is 0 Å². The minimum atomic E-state index is -0.107. The number of amides is 1. The maximum Gasteiger partial charge on any atom is 0.252 e. The van der Waals surface area contributed by atoms with Gasteiger partial charge in [0.15, 0.2) is 0 Å². The predicted molar refractivity (Wildman–Crippen MR) is 127 cm³/mol.